The fraction of sp³-hybridized carbons (Fsp3) is 0.556. The molecule has 0 bridgehead atoms. The Morgan fingerprint density at radius 1 is 1.50 bits per heavy atom. The summed E-state index contributed by atoms with van der Waals surface area (Å²) in [4.78, 5) is 7.91. The van der Waals surface area contributed by atoms with Crippen molar-refractivity contribution in [3.8, 4) is 0 Å². The van der Waals surface area contributed by atoms with Crippen molar-refractivity contribution in [2.24, 2.45) is 0 Å². The van der Waals surface area contributed by atoms with Gasteiger partial charge in [-0.15, -0.1) is 0 Å². The predicted octanol–water partition coefficient (Wildman–Crippen LogP) is 2.61. The Morgan fingerprint density at radius 3 is 2.93 bits per heavy atom. The highest BCUT2D eigenvalue weighted by Gasteiger charge is 2.39. The van der Waals surface area contributed by atoms with E-state index >= 15 is 0 Å². The molecule has 1 fully saturated rings. The van der Waals surface area contributed by atoms with Crippen molar-refractivity contribution in [3.63, 3.8) is 0 Å². The number of hydrogen-bond donors (Lipinski definition) is 1. The summed E-state index contributed by atoms with van der Waals surface area (Å²) in [6, 6.07) is 1.89. The zero-order chi connectivity index (χ0) is 10.0. The van der Waals surface area contributed by atoms with Gasteiger partial charge in [-0.05, 0) is 25.3 Å². The Kier molecular flexibility index (Phi) is 2.79. The van der Waals surface area contributed by atoms with Gasteiger partial charge in [-0.1, -0.05) is 23.2 Å². The van der Waals surface area contributed by atoms with E-state index < -0.39 is 4.33 Å². The molecule has 1 heterocycles. The van der Waals surface area contributed by atoms with Gasteiger partial charge in [0, 0.05) is 6.20 Å². The van der Waals surface area contributed by atoms with E-state index in [1.807, 2.05) is 6.07 Å². The first-order valence-corrected chi connectivity index (χ1v) is 5.34. The molecule has 0 aliphatic heterocycles. The van der Waals surface area contributed by atoms with Crippen molar-refractivity contribution >= 4 is 29.0 Å². The molecule has 2 rings (SSSR count). The van der Waals surface area contributed by atoms with Crippen LogP contribution in [0.25, 0.3) is 0 Å². The van der Waals surface area contributed by atoms with Crippen LogP contribution in [-0.4, -0.2) is 20.3 Å². The SMILES string of the molecule is ClC1(Cl)CCCC1Nc1ccncn1. The molecular formula is C9H11Cl2N3. The summed E-state index contributed by atoms with van der Waals surface area (Å²) in [5, 5.41) is 3.22. The summed E-state index contributed by atoms with van der Waals surface area (Å²) in [6.07, 6.45) is 6.06. The highest BCUT2D eigenvalue weighted by Crippen LogP contribution is 2.40. The Bertz CT molecular complexity index is 302. The molecule has 0 amide bonds. The van der Waals surface area contributed by atoms with Crippen LogP contribution in [-0.2, 0) is 0 Å². The first-order valence-electron chi connectivity index (χ1n) is 4.59. The van der Waals surface area contributed by atoms with Gasteiger partial charge < -0.3 is 5.32 Å². The lowest BCUT2D eigenvalue weighted by Gasteiger charge is -2.23. The van der Waals surface area contributed by atoms with Gasteiger partial charge in [0.1, 0.15) is 16.5 Å². The summed E-state index contributed by atoms with van der Waals surface area (Å²) in [6.45, 7) is 0. The predicted molar refractivity (Wildman–Crippen MR) is 57.7 cm³/mol. The highest BCUT2D eigenvalue weighted by molar-refractivity contribution is 6.49. The van der Waals surface area contributed by atoms with Crippen molar-refractivity contribution in [3.05, 3.63) is 18.6 Å². The molecular weight excluding hydrogens is 221 g/mol. The number of hydrogen-bond acceptors (Lipinski definition) is 3. The minimum Gasteiger partial charge on any atom is -0.364 e. The van der Waals surface area contributed by atoms with Gasteiger partial charge in [-0.2, -0.15) is 0 Å². The van der Waals surface area contributed by atoms with Crippen molar-refractivity contribution in [1.82, 2.24) is 9.97 Å². The molecule has 76 valence electrons. The van der Waals surface area contributed by atoms with E-state index in [1.54, 1.807) is 6.20 Å². The van der Waals surface area contributed by atoms with E-state index in [4.69, 9.17) is 23.2 Å². The van der Waals surface area contributed by atoms with Gasteiger partial charge in [0.05, 0.1) is 6.04 Å². The van der Waals surface area contributed by atoms with Crippen molar-refractivity contribution in [2.75, 3.05) is 5.32 Å². The van der Waals surface area contributed by atoms with E-state index in [2.05, 4.69) is 15.3 Å². The van der Waals surface area contributed by atoms with Crippen LogP contribution < -0.4 is 5.32 Å². The maximum Gasteiger partial charge on any atom is 0.138 e. The molecule has 0 spiro atoms. The van der Waals surface area contributed by atoms with Gasteiger partial charge in [0.2, 0.25) is 0 Å². The summed E-state index contributed by atoms with van der Waals surface area (Å²) < 4.78 is -0.662. The molecule has 1 N–H and O–H groups in total. The monoisotopic (exact) mass is 231 g/mol. The summed E-state index contributed by atoms with van der Waals surface area (Å²) in [7, 11) is 0. The van der Waals surface area contributed by atoms with E-state index in [0.717, 1.165) is 25.1 Å². The zero-order valence-electron chi connectivity index (χ0n) is 7.58. The Morgan fingerprint density at radius 2 is 2.36 bits per heavy atom. The molecule has 0 saturated heterocycles. The summed E-state index contributed by atoms with van der Waals surface area (Å²) in [5.74, 6) is 0.776. The van der Waals surface area contributed by atoms with Crippen LogP contribution in [0.3, 0.4) is 0 Å². The molecule has 1 unspecified atom stereocenters. The van der Waals surface area contributed by atoms with Gasteiger partial charge in [-0.3, -0.25) is 0 Å². The molecule has 5 heteroatoms. The van der Waals surface area contributed by atoms with E-state index in [-0.39, 0.29) is 6.04 Å². The highest BCUT2D eigenvalue weighted by atomic mass is 35.5. The second-order valence-corrected chi connectivity index (χ2v) is 4.99. The molecule has 1 atom stereocenters. The maximum atomic E-state index is 6.14. The Hall–Kier alpha value is -0.540. The quantitative estimate of drug-likeness (QED) is 0.796. The van der Waals surface area contributed by atoms with Crippen LogP contribution in [0.5, 0.6) is 0 Å². The number of alkyl halides is 2. The van der Waals surface area contributed by atoms with Crippen molar-refractivity contribution < 1.29 is 0 Å². The number of halogens is 2. The lowest BCUT2D eigenvalue weighted by Crippen LogP contribution is -2.32. The molecule has 14 heavy (non-hydrogen) atoms. The molecule has 1 aliphatic carbocycles. The second kappa shape index (κ2) is 3.91. The molecule has 0 aromatic carbocycles. The van der Waals surface area contributed by atoms with Gasteiger partial charge in [0.25, 0.3) is 0 Å². The third-order valence-corrected chi connectivity index (χ3v) is 3.32. The fourth-order valence-electron chi connectivity index (χ4n) is 1.66. The summed E-state index contributed by atoms with van der Waals surface area (Å²) in [5.41, 5.74) is 0. The molecule has 3 nitrogen and oxygen atoms in total. The summed E-state index contributed by atoms with van der Waals surface area (Å²) >= 11 is 12.3. The standard InChI is InChI=1S/C9H11Cl2N3/c10-9(11)4-1-2-7(9)14-8-3-5-12-6-13-8/h3,5-7H,1-2,4H2,(H,12,13,14). The van der Waals surface area contributed by atoms with Crippen LogP contribution >= 0.6 is 23.2 Å². The van der Waals surface area contributed by atoms with E-state index in [1.165, 1.54) is 6.33 Å². The minimum atomic E-state index is -0.662. The van der Waals surface area contributed by atoms with E-state index in [0.29, 0.717) is 0 Å². The van der Waals surface area contributed by atoms with Crippen LogP contribution in [0.15, 0.2) is 18.6 Å². The smallest absolute Gasteiger partial charge is 0.138 e. The third-order valence-electron chi connectivity index (χ3n) is 2.42. The number of anilines is 1. The average molecular weight is 232 g/mol. The molecule has 1 aromatic rings. The zero-order valence-corrected chi connectivity index (χ0v) is 9.09. The fourth-order valence-corrected chi connectivity index (χ4v) is 2.25. The van der Waals surface area contributed by atoms with Crippen LogP contribution in [0.2, 0.25) is 0 Å². The van der Waals surface area contributed by atoms with Crippen LogP contribution in [0.1, 0.15) is 19.3 Å². The molecule has 1 aromatic heterocycles. The Labute approximate surface area is 92.8 Å². The normalized spacial score (nSPS) is 24.9. The third kappa shape index (κ3) is 2.10. The number of nitrogens with one attached hydrogen (secondary N) is 1. The lowest BCUT2D eigenvalue weighted by atomic mass is 10.2. The van der Waals surface area contributed by atoms with E-state index in [9.17, 15) is 0 Å². The molecule has 1 aliphatic rings. The molecule has 1 saturated carbocycles. The largest absolute Gasteiger partial charge is 0.364 e. The lowest BCUT2D eigenvalue weighted by molar-refractivity contribution is 0.710. The van der Waals surface area contributed by atoms with Crippen LogP contribution in [0, 0.1) is 0 Å². The topological polar surface area (TPSA) is 37.8 Å². The first kappa shape index (κ1) is 9.99. The van der Waals surface area contributed by atoms with Gasteiger partial charge in [-0.25, -0.2) is 9.97 Å². The van der Waals surface area contributed by atoms with Crippen molar-refractivity contribution in [2.45, 2.75) is 29.6 Å². The number of aromatic nitrogens is 2. The Balaban J connectivity index is 2.05. The van der Waals surface area contributed by atoms with Crippen LogP contribution in [0.4, 0.5) is 5.82 Å². The number of rotatable bonds is 2. The van der Waals surface area contributed by atoms with Crippen molar-refractivity contribution in [1.29, 1.82) is 0 Å². The average Bonchev–Trinajstić information content (AvgIpc) is 2.48. The van der Waals surface area contributed by atoms with Gasteiger partial charge in [0.15, 0.2) is 0 Å². The maximum absolute atomic E-state index is 6.14. The first-order chi connectivity index (χ1) is 6.68. The minimum absolute atomic E-state index is 0.0840. The number of nitrogens with zero attached hydrogens (tertiary/aromatic N) is 2. The molecule has 0 radical (unpaired) electrons. The second-order valence-electron chi connectivity index (χ2n) is 3.44. The van der Waals surface area contributed by atoms with Gasteiger partial charge >= 0.3 is 0 Å².